The van der Waals surface area contributed by atoms with Gasteiger partial charge in [0.05, 0.1) is 29.1 Å². The maximum Gasteiger partial charge on any atom is 0.251 e. The SMILES string of the molecule is C=COc1cccc(F)c1CN1CCC[C@@H](NC(=O)c2ccc3[nH]nc(-c4cccc(C#N)c4)c3c2)C1. The first kappa shape index (κ1) is 24.2. The number of benzene rings is 3. The number of carbonyl (C=O) groups excluding carboxylic acids is 1. The highest BCUT2D eigenvalue weighted by atomic mass is 19.1. The molecular formula is C29H26FN5O2. The summed E-state index contributed by atoms with van der Waals surface area (Å²) >= 11 is 0. The predicted molar refractivity (Wildman–Crippen MR) is 139 cm³/mol. The summed E-state index contributed by atoms with van der Waals surface area (Å²) in [6.45, 7) is 5.36. The molecule has 7 nitrogen and oxygen atoms in total. The van der Waals surface area contributed by atoms with E-state index in [1.807, 2.05) is 24.3 Å². The van der Waals surface area contributed by atoms with Gasteiger partial charge < -0.3 is 10.1 Å². The number of hydrogen-bond acceptors (Lipinski definition) is 5. The van der Waals surface area contributed by atoms with E-state index in [-0.39, 0.29) is 17.8 Å². The summed E-state index contributed by atoms with van der Waals surface area (Å²) in [6.07, 6.45) is 3.02. The Morgan fingerprint density at radius 2 is 2.14 bits per heavy atom. The fourth-order valence-corrected chi connectivity index (χ4v) is 4.81. The van der Waals surface area contributed by atoms with Crippen molar-refractivity contribution in [3.8, 4) is 23.1 Å². The van der Waals surface area contributed by atoms with Crippen LogP contribution in [0.15, 0.2) is 73.5 Å². The highest BCUT2D eigenvalue weighted by Gasteiger charge is 2.24. The zero-order chi connectivity index (χ0) is 25.8. The zero-order valence-corrected chi connectivity index (χ0v) is 20.2. The number of nitrogens with one attached hydrogen (secondary N) is 2. The first-order valence-corrected chi connectivity index (χ1v) is 12.1. The first-order chi connectivity index (χ1) is 18.1. The number of fused-ring (bicyclic) bond motifs is 1. The highest BCUT2D eigenvalue weighted by molar-refractivity contribution is 6.01. The number of halogens is 1. The number of likely N-dealkylation sites (tertiary alicyclic amines) is 1. The van der Waals surface area contributed by atoms with Gasteiger partial charge in [0.15, 0.2) is 0 Å². The number of rotatable bonds is 7. The molecule has 2 N–H and O–H groups in total. The maximum absolute atomic E-state index is 14.5. The van der Waals surface area contributed by atoms with Gasteiger partial charge in [-0.15, -0.1) is 0 Å². The number of carbonyl (C=O) groups is 1. The van der Waals surface area contributed by atoms with E-state index in [9.17, 15) is 14.4 Å². The average Bonchev–Trinajstić information content (AvgIpc) is 3.34. The molecule has 1 aromatic heterocycles. The number of aromatic amines is 1. The molecule has 8 heteroatoms. The second-order valence-electron chi connectivity index (χ2n) is 9.07. The van der Waals surface area contributed by atoms with Crippen LogP contribution in [0.5, 0.6) is 5.75 Å². The standard InChI is InChI=1S/C29H26FN5O2/c1-2-37-27-10-4-9-25(30)24(27)18-35-13-5-8-22(17-35)32-29(36)21-11-12-26-23(15-21)28(34-33-26)20-7-3-6-19(14-20)16-31/h2-4,6-7,9-12,14-15,22H,1,5,8,13,17-18H2,(H,32,36)(H,33,34)/t22-/m1/s1. The third-order valence-electron chi connectivity index (χ3n) is 6.60. The number of hydrogen-bond donors (Lipinski definition) is 2. The number of H-pyrrole nitrogens is 1. The summed E-state index contributed by atoms with van der Waals surface area (Å²) in [5.41, 5.74) is 3.85. The van der Waals surface area contributed by atoms with Crippen LogP contribution in [0.1, 0.15) is 34.3 Å². The maximum atomic E-state index is 14.5. The monoisotopic (exact) mass is 495 g/mol. The van der Waals surface area contributed by atoms with Gasteiger partial charge in [0, 0.05) is 41.2 Å². The van der Waals surface area contributed by atoms with Crippen molar-refractivity contribution in [2.24, 2.45) is 0 Å². The molecule has 0 unspecified atom stereocenters. The second kappa shape index (κ2) is 10.6. The van der Waals surface area contributed by atoms with Crippen molar-refractivity contribution in [1.29, 1.82) is 5.26 Å². The third-order valence-corrected chi connectivity index (χ3v) is 6.60. The van der Waals surface area contributed by atoms with E-state index in [2.05, 4.69) is 33.1 Å². The normalized spacial score (nSPS) is 15.7. The van der Waals surface area contributed by atoms with Crippen LogP contribution < -0.4 is 10.1 Å². The van der Waals surface area contributed by atoms with Gasteiger partial charge in [0.25, 0.3) is 5.91 Å². The van der Waals surface area contributed by atoms with Gasteiger partial charge in [-0.3, -0.25) is 14.8 Å². The van der Waals surface area contributed by atoms with Gasteiger partial charge in [-0.05, 0) is 61.9 Å². The lowest BCUT2D eigenvalue weighted by Gasteiger charge is -2.33. The van der Waals surface area contributed by atoms with Crippen LogP contribution in [0.3, 0.4) is 0 Å². The van der Waals surface area contributed by atoms with Crippen molar-refractivity contribution in [2.75, 3.05) is 13.1 Å². The van der Waals surface area contributed by atoms with E-state index in [4.69, 9.17) is 4.74 Å². The van der Waals surface area contributed by atoms with Crippen LogP contribution in [-0.4, -0.2) is 40.1 Å². The van der Waals surface area contributed by atoms with Crippen molar-refractivity contribution in [2.45, 2.75) is 25.4 Å². The molecule has 186 valence electrons. The number of piperidine rings is 1. The van der Waals surface area contributed by atoms with E-state index < -0.39 is 0 Å². The van der Waals surface area contributed by atoms with E-state index >= 15 is 0 Å². The summed E-state index contributed by atoms with van der Waals surface area (Å²) in [5, 5.41) is 20.6. The molecule has 1 atom stereocenters. The lowest BCUT2D eigenvalue weighted by molar-refractivity contribution is 0.0900. The Hall–Kier alpha value is -4.48. The molecule has 0 spiro atoms. The molecule has 0 radical (unpaired) electrons. The first-order valence-electron chi connectivity index (χ1n) is 12.1. The van der Waals surface area contributed by atoms with Crippen LogP contribution in [0.4, 0.5) is 4.39 Å². The van der Waals surface area contributed by atoms with Gasteiger partial charge in [-0.1, -0.05) is 24.8 Å². The van der Waals surface area contributed by atoms with Crippen molar-refractivity contribution in [3.05, 3.63) is 96.0 Å². The van der Waals surface area contributed by atoms with Crippen LogP contribution >= 0.6 is 0 Å². The summed E-state index contributed by atoms with van der Waals surface area (Å²) in [7, 11) is 0. The van der Waals surface area contributed by atoms with E-state index in [1.54, 1.807) is 30.3 Å². The lowest BCUT2D eigenvalue weighted by Crippen LogP contribution is -2.47. The molecule has 0 aliphatic carbocycles. The molecule has 1 saturated heterocycles. The van der Waals surface area contributed by atoms with Crippen LogP contribution in [0.2, 0.25) is 0 Å². The summed E-state index contributed by atoms with van der Waals surface area (Å²) < 4.78 is 19.9. The zero-order valence-electron chi connectivity index (χ0n) is 20.2. The molecule has 0 bridgehead atoms. The van der Waals surface area contributed by atoms with Gasteiger partial charge in [-0.25, -0.2) is 4.39 Å². The summed E-state index contributed by atoms with van der Waals surface area (Å²) in [6, 6.07) is 19.5. The van der Waals surface area contributed by atoms with Crippen LogP contribution in [0.25, 0.3) is 22.2 Å². The molecule has 1 amide bonds. The van der Waals surface area contributed by atoms with Crippen molar-refractivity contribution < 1.29 is 13.9 Å². The highest BCUT2D eigenvalue weighted by Crippen LogP contribution is 2.28. The van der Waals surface area contributed by atoms with Gasteiger partial charge in [0.1, 0.15) is 11.6 Å². The van der Waals surface area contributed by atoms with Crippen LogP contribution in [-0.2, 0) is 6.54 Å². The number of aromatic nitrogens is 2. The number of nitrogens with zero attached hydrogens (tertiary/aromatic N) is 3. The molecule has 0 saturated carbocycles. The average molecular weight is 496 g/mol. The number of ether oxygens (including phenoxy) is 1. The Balaban J connectivity index is 1.31. The van der Waals surface area contributed by atoms with Gasteiger partial charge >= 0.3 is 0 Å². The molecule has 1 aliphatic heterocycles. The number of nitriles is 1. The number of amides is 1. The van der Waals surface area contributed by atoms with Crippen molar-refractivity contribution in [3.63, 3.8) is 0 Å². The van der Waals surface area contributed by atoms with Crippen molar-refractivity contribution >= 4 is 16.8 Å². The van der Waals surface area contributed by atoms with E-state index in [0.717, 1.165) is 35.9 Å². The Labute approximate surface area is 214 Å². The minimum Gasteiger partial charge on any atom is -0.465 e. The molecule has 2 heterocycles. The molecule has 5 rings (SSSR count). The quantitative estimate of drug-likeness (QED) is 0.346. The smallest absolute Gasteiger partial charge is 0.251 e. The topological polar surface area (TPSA) is 94.0 Å². The molecule has 4 aromatic rings. The summed E-state index contributed by atoms with van der Waals surface area (Å²) in [4.78, 5) is 15.3. The fourth-order valence-electron chi connectivity index (χ4n) is 4.81. The molecular weight excluding hydrogens is 469 g/mol. The molecule has 1 aliphatic rings. The van der Waals surface area contributed by atoms with Gasteiger partial charge in [-0.2, -0.15) is 10.4 Å². The summed E-state index contributed by atoms with van der Waals surface area (Å²) in [5.74, 6) is -0.0473. The Morgan fingerprint density at radius 3 is 2.97 bits per heavy atom. The minimum absolute atomic E-state index is 0.0661. The molecule has 37 heavy (non-hydrogen) atoms. The molecule has 3 aromatic carbocycles. The van der Waals surface area contributed by atoms with Crippen LogP contribution in [0, 0.1) is 17.1 Å². The fraction of sp³-hybridized carbons (Fsp3) is 0.207. The predicted octanol–water partition coefficient (Wildman–Crippen LogP) is 5.16. The lowest BCUT2D eigenvalue weighted by atomic mass is 10.0. The third kappa shape index (κ3) is 5.22. The van der Waals surface area contributed by atoms with Crippen molar-refractivity contribution in [1.82, 2.24) is 20.4 Å². The van der Waals surface area contributed by atoms with Gasteiger partial charge in [0.2, 0.25) is 0 Å². The Bertz CT molecular complexity index is 1510. The largest absolute Gasteiger partial charge is 0.465 e. The second-order valence-corrected chi connectivity index (χ2v) is 9.07. The Kier molecular flexibility index (Phi) is 6.97. The minimum atomic E-state index is -0.324. The van der Waals surface area contributed by atoms with E-state index in [1.165, 1.54) is 12.3 Å². The van der Waals surface area contributed by atoms with E-state index in [0.29, 0.717) is 41.2 Å². The molecule has 1 fully saturated rings. The Morgan fingerprint density at radius 1 is 1.27 bits per heavy atom.